The molecule has 1 aromatic carbocycles. The van der Waals surface area contributed by atoms with E-state index in [1.54, 1.807) is 30.3 Å². The lowest BCUT2D eigenvalue weighted by atomic mass is 10.0. The Morgan fingerprint density at radius 2 is 1.58 bits per heavy atom. The highest BCUT2D eigenvalue weighted by Gasteiger charge is 2.90. The van der Waals surface area contributed by atoms with Gasteiger partial charge in [0.15, 0.2) is 0 Å². The molecule has 0 N–H and O–H groups in total. The lowest BCUT2D eigenvalue weighted by molar-refractivity contribution is -0.167. The summed E-state index contributed by atoms with van der Waals surface area (Å²) in [6, 6.07) is 8.64. The van der Waals surface area contributed by atoms with Crippen LogP contribution in [0.3, 0.4) is 0 Å². The summed E-state index contributed by atoms with van der Waals surface area (Å²) in [5, 5.41) is 0. The minimum atomic E-state index is -3.74. The molecule has 0 saturated heterocycles. The third-order valence-electron chi connectivity index (χ3n) is 4.03. The van der Waals surface area contributed by atoms with Gasteiger partial charge in [-0.1, -0.05) is 30.3 Å². The van der Waals surface area contributed by atoms with E-state index in [-0.39, 0.29) is 6.61 Å². The smallest absolute Gasteiger partial charge is 0.330 e. The number of rotatable bonds is 6. The predicted molar refractivity (Wildman–Crippen MR) is 75.8 cm³/mol. The molecule has 6 nitrogen and oxygen atoms in total. The van der Waals surface area contributed by atoms with Crippen LogP contribution >= 0.6 is 0 Å². The molecule has 0 radical (unpaired) electrons. The quantitative estimate of drug-likeness (QED) is 0.445. The Morgan fingerprint density at radius 3 is 2.08 bits per heavy atom. The predicted octanol–water partition coefficient (Wildman–Crippen LogP) is 1.72. The van der Waals surface area contributed by atoms with Crippen LogP contribution in [-0.4, -0.2) is 38.1 Å². The van der Waals surface area contributed by atoms with Crippen molar-refractivity contribution in [1.29, 1.82) is 0 Å². The van der Waals surface area contributed by atoms with Gasteiger partial charge < -0.3 is 14.2 Å². The van der Waals surface area contributed by atoms with Gasteiger partial charge in [0.2, 0.25) is 5.41 Å². The van der Waals surface area contributed by atoms with E-state index in [0.29, 0.717) is 5.56 Å². The summed E-state index contributed by atoms with van der Waals surface area (Å²) in [6.07, 6.45) is -0.802. The van der Waals surface area contributed by atoms with Crippen LogP contribution < -0.4 is 0 Å². The van der Waals surface area contributed by atoms with Crippen LogP contribution in [0.2, 0.25) is 0 Å². The van der Waals surface area contributed by atoms with Gasteiger partial charge in [-0.25, -0.2) is 8.78 Å². The third-order valence-corrected chi connectivity index (χ3v) is 4.03. The van der Waals surface area contributed by atoms with Crippen LogP contribution in [0.1, 0.15) is 12.0 Å². The number of hydrogen-bond donors (Lipinski definition) is 0. The normalized spacial score (nSPS) is 19.9. The third kappa shape index (κ3) is 2.72. The summed E-state index contributed by atoms with van der Waals surface area (Å²) in [6.45, 7) is -0.0958. The highest BCUT2D eigenvalue weighted by Crippen LogP contribution is 2.68. The Kier molecular flexibility index (Phi) is 4.86. The van der Waals surface area contributed by atoms with Crippen molar-refractivity contribution in [3.05, 3.63) is 35.9 Å². The largest absolute Gasteiger partial charge is 0.468 e. The van der Waals surface area contributed by atoms with Crippen molar-refractivity contribution in [2.75, 3.05) is 14.2 Å². The number of esters is 3. The summed E-state index contributed by atoms with van der Waals surface area (Å²) < 4.78 is 41.7. The molecule has 1 fully saturated rings. The van der Waals surface area contributed by atoms with Crippen LogP contribution in [0.4, 0.5) is 8.78 Å². The number of alkyl halides is 2. The molecule has 0 bridgehead atoms. The van der Waals surface area contributed by atoms with Gasteiger partial charge in [0.25, 0.3) is 5.92 Å². The van der Waals surface area contributed by atoms with Crippen molar-refractivity contribution in [3.8, 4) is 0 Å². The Labute approximate surface area is 136 Å². The summed E-state index contributed by atoms with van der Waals surface area (Å²) in [5.41, 5.74) is -2.11. The maximum Gasteiger partial charge on any atom is 0.330 e. The first-order valence-corrected chi connectivity index (χ1v) is 7.06. The fourth-order valence-corrected chi connectivity index (χ4v) is 2.68. The number of benzene rings is 1. The Hall–Kier alpha value is -2.51. The van der Waals surface area contributed by atoms with Crippen molar-refractivity contribution in [2.45, 2.75) is 19.0 Å². The lowest BCUT2D eigenvalue weighted by Gasteiger charge is -2.11. The molecule has 8 heteroatoms. The first-order valence-electron chi connectivity index (χ1n) is 7.06. The van der Waals surface area contributed by atoms with E-state index in [1.807, 2.05) is 0 Å². The van der Waals surface area contributed by atoms with Gasteiger partial charge in [0.05, 0.1) is 26.6 Å². The summed E-state index contributed by atoms with van der Waals surface area (Å²) >= 11 is 0. The van der Waals surface area contributed by atoms with Gasteiger partial charge in [-0.05, 0) is 5.56 Å². The average molecular weight is 342 g/mol. The highest BCUT2D eigenvalue weighted by molar-refractivity contribution is 6.06. The first-order chi connectivity index (χ1) is 11.3. The number of hydrogen-bond acceptors (Lipinski definition) is 6. The van der Waals surface area contributed by atoms with Crippen molar-refractivity contribution >= 4 is 17.9 Å². The van der Waals surface area contributed by atoms with Crippen LogP contribution in [0, 0.1) is 11.3 Å². The highest BCUT2D eigenvalue weighted by atomic mass is 19.3. The molecule has 0 heterocycles. The van der Waals surface area contributed by atoms with E-state index < -0.39 is 41.6 Å². The van der Waals surface area contributed by atoms with Crippen molar-refractivity contribution < 1.29 is 37.4 Å². The van der Waals surface area contributed by atoms with Crippen LogP contribution in [0.25, 0.3) is 0 Å². The number of ether oxygens (including phenoxy) is 3. The Balaban J connectivity index is 2.06. The molecular formula is C16H16F2O6. The summed E-state index contributed by atoms with van der Waals surface area (Å²) in [7, 11) is 1.76. The minimum Gasteiger partial charge on any atom is -0.468 e. The zero-order valence-electron chi connectivity index (χ0n) is 13.1. The van der Waals surface area contributed by atoms with E-state index in [4.69, 9.17) is 4.74 Å². The minimum absolute atomic E-state index is 0.0958. The number of methoxy groups -OCH3 is 2. The molecule has 130 valence electrons. The van der Waals surface area contributed by atoms with Gasteiger partial charge >= 0.3 is 17.9 Å². The lowest BCUT2D eigenvalue weighted by Crippen LogP contribution is -2.34. The zero-order valence-corrected chi connectivity index (χ0v) is 13.1. The molecule has 1 unspecified atom stereocenters. The second-order valence-corrected chi connectivity index (χ2v) is 5.32. The molecule has 24 heavy (non-hydrogen) atoms. The van der Waals surface area contributed by atoms with Gasteiger partial charge in [0.1, 0.15) is 6.61 Å². The van der Waals surface area contributed by atoms with E-state index in [2.05, 4.69) is 9.47 Å². The molecule has 0 spiro atoms. The topological polar surface area (TPSA) is 78.9 Å². The first kappa shape index (κ1) is 17.8. The summed E-state index contributed by atoms with van der Waals surface area (Å²) in [5.74, 6) is -9.40. The van der Waals surface area contributed by atoms with Gasteiger partial charge in [-0.15, -0.1) is 0 Å². The molecule has 1 saturated carbocycles. The molecule has 0 amide bonds. The maximum atomic E-state index is 14.1. The van der Waals surface area contributed by atoms with E-state index >= 15 is 0 Å². The van der Waals surface area contributed by atoms with E-state index in [1.165, 1.54) is 0 Å². The second-order valence-electron chi connectivity index (χ2n) is 5.32. The number of halogens is 2. The van der Waals surface area contributed by atoms with Gasteiger partial charge in [-0.3, -0.25) is 14.4 Å². The van der Waals surface area contributed by atoms with Crippen molar-refractivity contribution in [2.24, 2.45) is 11.3 Å². The Morgan fingerprint density at radius 1 is 1.04 bits per heavy atom. The van der Waals surface area contributed by atoms with E-state index in [9.17, 15) is 23.2 Å². The Bertz CT molecular complexity index is 627. The van der Waals surface area contributed by atoms with Crippen molar-refractivity contribution in [3.63, 3.8) is 0 Å². The van der Waals surface area contributed by atoms with E-state index in [0.717, 1.165) is 14.2 Å². The molecule has 1 aliphatic carbocycles. The summed E-state index contributed by atoms with van der Waals surface area (Å²) in [4.78, 5) is 35.3. The van der Waals surface area contributed by atoms with Gasteiger partial charge in [0, 0.05) is 0 Å². The number of carbonyl (C=O) groups is 3. The number of carbonyl (C=O) groups excluding carboxylic acids is 3. The van der Waals surface area contributed by atoms with Crippen LogP contribution in [0.15, 0.2) is 30.3 Å². The second kappa shape index (κ2) is 6.54. The molecule has 0 aromatic heterocycles. The molecule has 1 aliphatic rings. The maximum absolute atomic E-state index is 14.1. The standard InChI is InChI=1S/C16H16F2O6/c1-22-13(20)15(14(21)23-2)11(16(15,17)18)8-12(19)24-9-10-6-4-3-5-7-10/h3-7,11H,8-9H2,1-2H3. The molecule has 1 aromatic rings. The van der Waals surface area contributed by atoms with Crippen LogP contribution in [0.5, 0.6) is 0 Å². The van der Waals surface area contributed by atoms with Gasteiger partial charge in [-0.2, -0.15) is 0 Å². The molecule has 2 rings (SSSR count). The molecule has 0 aliphatic heterocycles. The fourth-order valence-electron chi connectivity index (χ4n) is 2.68. The monoisotopic (exact) mass is 342 g/mol. The fraction of sp³-hybridized carbons (Fsp3) is 0.438. The van der Waals surface area contributed by atoms with Crippen molar-refractivity contribution in [1.82, 2.24) is 0 Å². The SMILES string of the molecule is COC(=O)C1(C(=O)OC)C(CC(=O)OCc2ccccc2)C1(F)F. The van der Waals surface area contributed by atoms with Crippen LogP contribution in [-0.2, 0) is 35.2 Å². The zero-order chi connectivity index (χ0) is 18.0. The molecule has 1 atom stereocenters. The molecular weight excluding hydrogens is 326 g/mol. The average Bonchev–Trinajstić information content (AvgIpc) is 3.08.